The van der Waals surface area contributed by atoms with Crippen LogP contribution in [0.2, 0.25) is 0 Å². The number of hydrogen-bond donors (Lipinski definition) is 2. The van der Waals surface area contributed by atoms with Gasteiger partial charge in [0.15, 0.2) is 5.78 Å². The first-order valence-corrected chi connectivity index (χ1v) is 8.82. The smallest absolute Gasteiger partial charge is 0.240 e. The lowest BCUT2D eigenvalue weighted by Gasteiger charge is -2.32. The van der Waals surface area contributed by atoms with Crippen molar-refractivity contribution in [3.8, 4) is 0 Å². The first-order valence-electron chi connectivity index (χ1n) is 8.82. The van der Waals surface area contributed by atoms with Crippen molar-refractivity contribution in [2.75, 3.05) is 13.1 Å². The highest BCUT2D eigenvalue weighted by atomic mass is 16.2. The van der Waals surface area contributed by atoms with Crippen LogP contribution in [0.15, 0.2) is 30.3 Å². The normalized spacial score (nSPS) is 19.8. The third kappa shape index (κ3) is 5.14. The molecular formula is C19H29N3O2. The van der Waals surface area contributed by atoms with Crippen LogP contribution >= 0.6 is 0 Å². The van der Waals surface area contributed by atoms with Gasteiger partial charge in [0.2, 0.25) is 5.91 Å². The molecule has 24 heavy (non-hydrogen) atoms. The molecule has 1 heterocycles. The number of rotatable bonds is 6. The van der Waals surface area contributed by atoms with E-state index in [-0.39, 0.29) is 17.7 Å². The molecule has 0 saturated carbocycles. The monoisotopic (exact) mass is 331 g/mol. The number of hydrogen-bond acceptors (Lipinski definition) is 4. The Hall–Kier alpha value is -1.72. The third-order valence-corrected chi connectivity index (χ3v) is 4.40. The number of Topliss-reactive ketones (excluding diaryl/α,β-unsaturated/α-hetero) is 1. The van der Waals surface area contributed by atoms with E-state index in [1.54, 1.807) is 4.90 Å². The van der Waals surface area contributed by atoms with Gasteiger partial charge in [-0.15, -0.1) is 0 Å². The fourth-order valence-electron chi connectivity index (χ4n) is 3.18. The standard InChI is InChI=1S/C19H29N3O2/c1-14(2)11-16(20)19(24)22(13-15-7-4-3-5-8-15)17-9-6-10-21-12-18(17)23/h3-5,7-8,14,16-17,21H,6,9-13,20H2,1-2H3/t16-,17?/m0/s1. The Labute approximate surface area is 144 Å². The van der Waals surface area contributed by atoms with Crippen molar-refractivity contribution >= 4 is 11.7 Å². The molecule has 3 N–H and O–H groups in total. The Balaban J connectivity index is 2.22. The third-order valence-electron chi connectivity index (χ3n) is 4.40. The van der Waals surface area contributed by atoms with Crippen LogP contribution in [0.25, 0.3) is 0 Å². The molecule has 2 atom stereocenters. The average molecular weight is 331 g/mol. The maximum Gasteiger partial charge on any atom is 0.240 e. The number of nitrogens with two attached hydrogens (primary N) is 1. The highest BCUT2D eigenvalue weighted by molar-refractivity contribution is 5.92. The van der Waals surface area contributed by atoms with Gasteiger partial charge < -0.3 is 16.0 Å². The molecular weight excluding hydrogens is 302 g/mol. The van der Waals surface area contributed by atoms with Gasteiger partial charge in [0.25, 0.3) is 0 Å². The molecule has 0 radical (unpaired) electrons. The molecule has 1 fully saturated rings. The van der Waals surface area contributed by atoms with E-state index in [0.717, 1.165) is 18.5 Å². The van der Waals surface area contributed by atoms with E-state index in [1.165, 1.54) is 0 Å². The quantitative estimate of drug-likeness (QED) is 0.832. The van der Waals surface area contributed by atoms with Crippen molar-refractivity contribution in [2.45, 2.75) is 51.7 Å². The van der Waals surface area contributed by atoms with E-state index in [0.29, 0.717) is 31.8 Å². The van der Waals surface area contributed by atoms with Gasteiger partial charge in [0.1, 0.15) is 0 Å². The lowest BCUT2D eigenvalue weighted by molar-refractivity contribution is -0.141. The van der Waals surface area contributed by atoms with Crippen LogP contribution in [0.4, 0.5) is 0 Å². The lowest BCUT2D eigenvalue weighted by atomic mass is 9.99. The minimum Gasteiger partial charge on any atom is -0.327 e. The SMILES string of the molecule is CC(C)C[C@H](N)C(=O)N(Cc1ccccc1)C1CCCNCC1=O. The highest BCUT2D eigenvalue weighted by Crippen LogP contribution is 2.18. The predicted molar refractivity (Wildman–Crippen MR) is 95.3 cm³/mol. The molecule has 1 amide bonds. The molecule has 1 aliphatic heterocycles. The second-order valence-corrected chi connectivity index (χ2v) is 6.99. The molecule has 1 aliphatic rings. The van der Waals surface area contributed by atoms with Gasteiger partial charge in [0.05, 0.1) is 18.6 Å². The van der Waals surface area contributed by atoms with Gasteiger partial charge >= 0.3 is 0 Å². The Morgan fingerprint density at radius 1 is 1.33 bits per heavy atom. The summed E-state index contributed by atoms with van der Waals surface area (Å²) in [6.45, 7) is 5.67. The van der Waals surface area contributed by atoms with Gasteiger partial charge in [-0.05, 0) is 37.3 Å². The second-order valence-electron chi connectivity index (χ2n) is 6.99. The number of nitrogens with zero attached hydrogens (tertiary/aromatic N) is 1. The molecule has 5 nitrogen and oxygen atoms in total. The van der Waals surface area contributed by atoms with E-state index in [2.05, 4.69) is 19.2 Å². The molecule has 1 aromatic carbocycles. The number of carbonyl (C=O) groups excluding carboxylic acids is 2. The van der Waals surface area contributed by atoms with E-state index in [1.807, 2.05) is 30.3 Å². The van der Waals surface area contributed by atoms with Gasteiger partial charge in [-0.25, -0.2) is 0 Å². The van der Waals surface area contributed by atoms with Crippen LogP contribution in [-0.2, 0) is 16.1 Å². The topological polar surface area (TPSA) is 75.4 Å². The zero-order valence-corrected chi connectivity index (χ0v) is 14.7. The van der Waals surface area contributed by atoms with Crippen LogP contribution in [-0.4, -0.2) is 41.8 Å². The number of benzene rings is 1. The van der Waals surface area contributed by atoms with Crippen LogP contribution in [0.3, 0.4) is 0 Å². The second kappa shape index (κ2) is 8.94. The van der Waals surface area contributed by atoms with Gasteiger partial charge in [-0.2, -0.15) is 0 Å². The van der Waals surface area contributed by atoms with Crippen molar-refractivity contribution in [3.05, 3.63) is 35.9 Å². The highest BCUT2D eigenvalue weighted by Gasteiger charge is 2.33. The Kier molecular flexibility index (Phi) is 6.94. The molecule has 1 aromatic rings. The van der Waals surface area contributed by atoms with Crippen LogP contribution in [0.5, 0.6) is 0 Å². The Bertz CT molecular complexity index is 545. The molecule has 0 aromatic heterocycles. The van der Waals surface area contributed by atoms with Crippen LogP contribution < -0.4 is 11.1 Å². The zero-order valence-electron chi connectivity index (χ0n) is 14.7. The molecule has 0 aliphatic carbocycles. The fourth-order valence-corrected chi connectivity index (χ4v) is 3.18. The van der Waals surface area contributed by atoms with Crippen LogP contribution in [0, 0.1) is 5.92 Å². The summed E-state index contributed by atoms with van der Waals surface area (Å²) in [5.41, 5.74) is 7.17. The molecule has 1 saturated heterocycles. The Morgan fingerprint density at radius 3 is 2.71 bits per heavy atom. The van der Waals surface area contributed by atoms with E-state index in [4.69, 9.17) is 5.73 Å². The maximum absolute atomic E-state index is 13.0. The van der Waals surface area contributed by atoms with Gasteiger partial charge in [-0.3, -0.25) is 9.59 Å². The zero-order chi connectivity index (χ0) is 17.5. The molecule has 132 valence electrons. The van der Waals surface area contributed by atoms with Crippen molar-refractivity contribution in [1.29, 1.82) is 0 Å². The first kappa shape index (κ1) is 18.6. The summed E-state index contributed by atoms with van der Waals surface area (Å²) in [4.78, 5) is 27.2. The van der Waals surface area contributed by atoms with E-state index < -0.39 is 6.04 Å². The predicted octanol–water partition coefficient (Wildman–Crippen LogP) is 1.71. The van der Waals surface area contributed by atoms with Gasteiger partial charge in [-0.1, -0.05) is 44.2 Å². The number of carbonyl (C=O) groups is 2. The maximum atomic E-state index is 13.0. The molecule has 0 spiro atoms. The summed E-state index contributed by atoms with van der Waals surface area (Å²) in [5, 5.41) is 3.13. The fraction of sp³-hybridized carbons (Fsp3) is 0.579. The van der Waals surface area contributed by atoms with Gasteiger partial charge in [0, 0.05) is 6.54 Å². The van der Waals surface area contributed by atoms with Crippen molar-refractivity contribution in [2.24, 2.45) is 11.7 Å². The number of nitrogens with one attached hydrogen (secondary N) is 1. The minimum atomic E-state index is -0.558. The summed E-state index contributed by atoms with van der Waals surface area (Å²) in [7, 11) is 0. The summed E-state index contributed by atoms with van der Waals surface area (Å²) in [5.74, 6) is 0.301. The molecule has 2 rings (SSSR count). The largest absolute Gasteiger partial charge is 0.327 e. The summed E-state index contributed by atoms with van der Waals surface area (Å²) in [6.07, 6.45) is 2.20. The molecule has 0 bridgehead atoms. The Morgan fingerprint density at radius 2 is 2.04 bits per heavy atom. The summed E-state index contributed by atoms with van der Waals surface area (Å²) < 4.78 is 0. The molecule has 1 unspecified atom stereocenters. The number of ketones is 1. The minimum absolute atomic E-state index is 0.0773. The lowest BCUT2D eigenvalue weighted by Crippen LogP contribution is -2.52. The van der Waals surface area contributed by atoms with Crippen LogP contribution in [0.1, 0.15) is 38.7 Å². The molecule has 5 heteroatoms. The summed E-state index contributed by atoms with van der Waals surface area (Å²) >= 11 is 0. The van der Waals surface area contributed by atoms with E-state index >= 15 is 0 Å². The number of amides is 1. The van der Waals surface area contributed by atoms with E-state index in [9.17, 15) is 9.59 Å². The van der Waals surface area contributed by atoms with Crippen molar-refractivity contribution in [3.63, 3.8) is 0 Å². The van der Waals surface area contributed by atoms with Crippen molar-refractivity contribution in [1.82, 2.24) is 10.2 Å². The summed E-state index contributed by atoms with van der Waals surface area (Å²) in [6, 6.07) is 8.86. The average Bonchev–Trinajstić information content (AvgIpc) is 2.77. The van der Waals surface area contributed by atoms with Crippen molar-refractivity contribution < 1.29 is 9.59 Å². The first-order chi connectivity index (χ1) is 11.5.